The molecule has 0 radical (unpaired) electrons. The van der Waals surface area contributed by atoms with Gasteiger partial charge in [-0.1, -0.05) is 0 Å². The molecule has 0 aromatic rings. The molecule has 14 heavy (non-hydrogen) atoms. The van der Waals surface area contributed by atoms with E-state index in [4.69, 9.17) is 33.1 Å². The topological polar surface area (TPSA) is 179 Å². The molecule has 8 nitrogen and oxygen atoms in total. The van der Waals surface area contributed by atoms with Crippen molar-refractivity contribution < 1.29 is 19.8 Å². The van der Waals surface area contributed by atoms with Gasteiger partial charge in [-0.2, -0.15) is 0 Å². The third-order valence-corrected chi connectivity index (χ3v) is 0.922. The molecule has 0 rings (SSSR count). The van der Waals surface area contributed by atoms with Crippen LogP contribution in [-0.2, 0) is 9.59 Å². The summed E-state index contributed by atoms with van der Waals surface area (Å²) in [5, 5.41) is 16.0. The average molecular weight is 208 g/mol. The molecular formula is C6H16N4O4. The minimum absolute atomic E-state index is 1.20. The van der Waals surface area contributed by atoms with Gasteiger partial charge in [0.05, 0.1) is 0 Å². The Labute approximate surface area is 80.8 Å². The summed E-state index contributed by atoms with van der Waals surface area (Å²) < 4.78 is 0. The number of rotatable bonds is 2. The molecule has 0 heterocycles. The zero-order chi connectivity index (χ0) is 12.2. The molecule has 0 bridgehead atoms. The molecule has 0 saturated carbocycles. The lowest BCUT2D eigenvalue weighted by atomic mass is 10.2. The Morgan fingerprint density at radius 2 is 0.929 bits per heavy atom. The second kappa shape index (κ2) is 4.86. The summed E-state index contributed by atoms with van der Waals surface area (Å²) in [4.78, 5) is 19.5. The monoisotopic (exact) mass is 208 g/mol. The van der Waals surface area contributed by atoms with Crippen LogP contribution in [0.25, 0.3) is 0 Å². The maximum absolute atomic E-state index is 9.77. The second-order valence-corrected chi connectivity index (χ2v) is 3.18. The summed E-state index contributed by atoms with van der Waals surface area (Å²) in [6, 6.07) is 0. The molecule has 0 aromatic heterocycles. The van der Waals surface area contributed by atoms with Gasteiger partial charge in [-0.25, -0.2) is 9.59 Å². The number of carboxylic acid groups (broad SMARTS) is 2. The third kappa shape index (κ3) is 8.87. The van der Waals surface area contributed by atoms with Crippen LogP contribution in [-0.4, -0.2) is 33.5 Å². The van der Waals surface area contributed by atoms with Crippen molar-refractivity contribution in [3.8, 4) is 0 Å². The predicted octanol–water partition coefficient (Wildman–Crippen LogP) is -2.59. The van der Waals surface area contributed by atoms with Gasteiger partial charge in [0, 0.05) is 0 Å². The molecule has 10 N–H and O–H groups in total. The fourth-order valence-corrected chi connectivity index (χ4v) is 0. The Balaban J connectivity index is 0. The summed E-state index contributed by atoms with van der Waals surface area (Å²) in [5.74, 6) is -2.40. The van der Waals surface area contributed by atoms with Gasteiger partial charge in [-0.15, -0.1) is 0 Å². The molecule has 0 aliphatic heterocycles. The molecule has 0 unspecified atom stereocenters. The van der Waals surface area contributed by atoms with Crippen LogP contribution in [0, 0.1) is 0 Å². The molecular weight excluding hydrogens is 192 g/mol. The molecule has 0 aliphatic rings. The van der Waals surface area contributed by atoms with Crippen molar-refractivity contribution in [1.29, 1.82) is 0 Å². The highest BCUT2D eigenvalue weighted by atomic mass is 16.4. The van der Waals surface area contributed by atoms with Gasteiger partial charge >= 0.3 is 11.9 Å². The summed E-state index contributed by atoms with van der Waals surface area (Å²) in [6.45, 7) is 2.44. The number of carboxylic acids is 2. The Morgan fingerprint density at radius 3 is 0.929 bits per heavy atom. The van der Waals surface area contributed by atoms with Crippen LogP contribution in [0.5, 0.6) is 0 Å². The van der Waals surface area contributed by atoms with E-state index in [2.05, 4.69) is 0 Å². The molecule has 0 fully saturated rings. The van der Waals surface area contributed by atoms with Crippen LogP contribution in [0.15, 0.2) is 0 Å². The van der Waals surface area contributed by atoms with Gasteiger partial charge in [-0.05, 0) is 13.8 Å². The Bertz CT molecular complexity index is 191. The van der Waals surface area contributed by atoms with Crippen molar-refractivity contribution in [2.75, 3.05) is 0 Å². The van der Waals surface area contributed by atoms with Crippen molar-refractivity contribution >= 4 is 11.9 Å². The van der Waals surface area contributed by atoms with E-state index in [-0.39, 0.29) is 0 Å². The van der Waals surface area contributed by atoms with Crippen LogP contribution >= 0.6 is 0 Å². The fraction of sp³-hybridized carbons (Fsp3) is 0.667. The minimum atomic E-state index is -1.58. The van der Waals surface area contributed by atoms with Crippen LogP contribution < -0.4 is 22.9 Å². The van der Waals surface area contributed by atoms with E-state index in [1.165, 1.54) is 13.8 Å². The summed E-state index contributed by atoms with van der Waals surface area (Å²) in [7, 11) is 0. The number of hydrogen-bond acceptors (Lipinski definition) is 6. The highest BCUT2D eigenvalue weighted by Gasteiger charge is 2.20. The van der Waals surface area contributed by atoms with Gasteiger partial charge in [0.1, 0.15) is 0 Å². The second-order valence-electron chi connectivity index (χ2n) is 3.18. The SMILES string of the molecule is CC(N)(N)C(=O)O.CC(N)(N)C(=O)O. The molecule has 84 valence electrons. The highest BCUT2D eigenvalue weighted by Crippen LogP contribution is 1.83. The first kappa shape index (κ1) is 15.3. The molecule has 8 heteroatoms. The van der Waals surface area contributed by atoms with E-state index >= 15 is 0 Å². The van der Waals surface area contributed by atoms with Crippen molar-refractivity contribution in [1.82, 2.24) is 0 Å². The lowest BCUT2D eigenvalue weighted by Crippen LogP contribution is -2.53. The first-order valence-electron chi connectivity index (χ1n) is 3.51. The van der Waals surface area contributed by atoms with Crippen LogP contribution in [0.2, 0.25) is 0 Å². The quantitative estimate of drug-likeness (QED) is 0.267. The Kier molecular flexibility index (Phi) is 5.30. The number of aliphatic carboxylic acids is 2. The summed E-state index contributed by atoms with van der Waals surface area (Å²) >= 11 is 0. The summed E-state index contributed by atoms with van der Waals surface area (Å²) in [6.07, 6.45) is 0. The Hall–Kier alpha value is -1.22. The molecule has 0 atom stereocenters. The van der Waals surface area contributed by atoms with Crippen LogP contribution in [0.1, 0.15) is 13.8 Å². The van der Waals surface area contributed by atoms with Gasteiger partial charge < -0.3 is 33.1 Å². The molecule has 0 spiro atoms. The van der Waals surface area contributed by atoms with E-state index in [0.29, 0.717) is 0 Å². The van der Waals surface area contributed by atoms with E-state index in [1.54, 1.807) is 0 Å². The molecule has 0 aromatic carbocycles. The van der Waals surface area contributed by atoms with Crippen LogP contribution in [0.4, 0.5) is 0 Å². The minimum Gasteiger partial charge on any atom is -0.479 e. The number of carbonyl (C=O) groups is 2. The van der Waals surface area contributed by atoms with Crippen molar-refractivity contribution in [3.63, 3.8) is 0 Å². The van der Waals surface area contributed by atoms with Gasteiger partial charge in [0.25, 0.3) is 0 Å². The molecule has 0 amide bonds. The smallest absolute Gasteiger partial charge is 0.338 e. The highest BCUT2D eigenvalue weighted by molar-refractivity contribution is 5.77. The van der Waals surface area contributed by atoms with Crippen molar-refractivity contribution in [2.24, 2.45) is 22.9 Å². The predicted molar refractivity (Wildman–Crippen MR) is 48.8 cm³/mol. The van der Waals surface area contributed by atoms with Crippen molar-refractivity contribution in [3.05, 3.63) is 0 Å². The number of hydrogen-bond donors (Lipinski definition) is 6. The molecule has 0 saturated heterocycles. The maximum Gasteiger partial charge on any atom is 0.338 e. The normalized spacial score (nSPS) is 11.3. The zero-order valence-corrected chi connectivity index (χ0v) is 8.02. The standard InChI is InChI=1S/2C3H8N2O2/c2*1-3(4,5)2(6)7/h2*4-5H2,1H3,(H,6,7). The zero-order valence-electron chi connectivity index (χ0n) is 8.02. The van der Waals surface area contributed by atoms with E-state index in [0.717, 1.165) is 0 Å². The molecule has 0 aliphatic carbocycles. The Morgan fingerprint density at radius 1 is 0.857 bits per heavy atom. The maximum atomic E-state index is 9.77. The first-order valence-corrected chi connectivity index (χ1v) is 3.51. The van der Waals surface area contributed by atoms with E-state index in [9.17, 15) is 9.59 Å². The van der Waals surface area contributed by atoms with Crippen molar-refractivity contribution in [2.45, 2.75) is 25.2 Å². The van der Waals surface area contributed by atoms with Gasteiger partial charge in [0.2, 0.25) is 0 Å². The fourth-order valence-electron chi connectivity index (χ4n) is 0. The lowest BCUT2D eigenvalue weighted by Gasteiger charge is -2.09. The van der Waals surface area contributed by atoms with Crippen LogP contribution in [0.3, 0.4) is 0 Å². The lowest BCUT2D eigenvalue weighted by molar-refractivity contribution is -0.143. The van der Waals surface area contributed by atoms with Gasteiger partial charge in [0.15, 0.2) is 11.3 Å². The van der Waals surface area contributed by atoms with E-state index < -0.39 is 23.3 Å². The third-order valence-electron chi connectivity index (χ3n) is 0.922. The van der Waals surface area contributed by atoms with E-state index in [1.807, 2.05) is 0 Å². The largest absolute Gasteiger partial charge is 0.479 e. The number of nitrogens with two attached hydrogens (primary N) is 4. The first-order chi connectivity index (χ1) is 5.89. The average Bonchev–Trinajstić information content (AvgIpc) is 1.83. The summed E-state index contributed by atoms with van der Waals surface area (Å²) in [5.41, 5.74) is 16.3. The van der Waals surface area contributed by atoms with Gasteiger partial charge in [-0.3, -0.25) is 0 Å².